The molecule has 1 N–H and O–H groups in total. The standard InChI is InChI=1S/C20H32N2O4/c1-15(2)13-22-9-10-26-18(14-22)12-21-20(23)8-5-16-11-17(24-3)6-7-19(16)25-4/h6-7,11,15,18H,5,8-10,12-14H2,1-4H3,(H,21,23). The van der Waals surface area contributed by atoms with Crippen LogP contribution >= 0.6 is 0 Å². The molecule has 2 rings (SSSR count). The van der Waals surface area contributed by atoms with Gasteiger partial charge in [-0.1, -0.05) is 13.8 Å². The lowest BCUT2D eigenvalue weighted by Crippen LogP contribution is -2.48. The third-order valence-electron chi connectivity index (χ3n) is 4.48. The summed E-state index contributed by atoms with van der Waals surface area (Å²) in [6.45, 7) is 8.65. The summed E-state index contributed by atoms with van der Waals surface area (Å²) >= 11 is 0. The molecule has 0 aliphatic carbocycles. The zero-order valence-corrected chi connectivity index (χ0v) is 16.4. The van der Waals surface area contributed by atoms with Gasteiger partial charge in [0.2, 0.25) is 5.91 Å². The monoisotopic (exact) mass is 364 g/mol. The maximum absolute atomic E-state index is 12.2. The summed E-state index contributed by atoms with van der Waals surface area (Å²) in [5.41, 5.74) is 0.971. The van der Waals surface area contributed by atoms with Gasteiger partial charge in [-0.05, 0) is 36.1 Å². The smallest absolute Gasteiger partial charge is 0.220 e. The van der Waals surface area contributed by atoms with Gasteiger partial charge < -0.3 is 19.5 Å². The van der Waals surface area contributed by atoms with Gasteiger partial charge in [-0.2, -0.15) is 0 Å². The SMILES string of the molecule is COc1ccc(OC)c(CCC(=O)NCC2CN(CC(C)C)CCO2)c1. The number of rotatable bonds is 9. The minimum atomic E-state index is 0.0273. The summed E-state index contributed by atoms with van der Waals surface area (Å²) in [6, 6.07) is 5.64. The van der Waals surface area contributed by atoms with Crippen LogP contribution in [0.3, 0.4) is 0 Å². The molecule has 1 saturated heterocycles. The number of carbonyl (C=O) groups excluding carboxylic acids is 1. The Morgan fingerprint density at radius 2 is 2.15 bits per heavy atom. The number of morpholine rings is 1. The van der Waals surface area contributed by atoms with Gasteiger partial charge in [-0.15, -0.1) is 0 Å². The largest absolute Gasteiger partial charge is 0.497 e. The molecule has 26 heavy (non-hydrogen) atoms. The average Bonchev–Trinajstić information content (AvgIpc) is 2.64. The van der Waals surface area contributed by atoms with Crippen molar-refractivity contribution in [3.05, 3.63) is 23.8 Å². The molecule has 0 saturated carbocycles. The number of hydrogen-bond acceptors (Lipinski definition) is 5. The molecular formula is C20H32N2O4. The predicted octanol–water partition coefficient (Wildman–Crippen LogP) is 2.11. The highest BCUT2D eigenvalue weighted by Crippen LogP contribution is 2.25. The fraction of sp³-hybridized carbons (Fsp3) is 0.650. The topological polar surface area (TPSA) is 60.0 Å². The number of carbonyl (C=O) groups is 1. The van der Waals surface area contributed by atoms with E-state index in [0.717, 1.165) is 43.3 Å². The van der Waals surface area contributed by atoms with Crippen LogP contribution in [-0.2, 0) is 16.0 Å². The van der Waals surface area contributed by atoms with Crippen molar-refractivity contribution in [2.24, 2.45) is 5.92 Å². The van der Waals surface area contributed by atoms with Crippen molar-refractivity contribution in [1.29, 1.82) is 0 Å². The van der Waals surface area contributed by atoms with Crippen LogP contribution in [0, 0.1) is 5.92 Å². The fourth-order valence-electron chi connectivity index (χ4n) is 3.23. The second-order valence-corrected chi connectivity index (χ2v) is 7.13. The molecule has 1 atom stereocenters. The predicted molar refractivity (Wildman–Crippen MR) is 102 cm³/mol. The summed E-state index contributed by atoms with van der Waals surface area (Å²) in [7, 11) is 3.26. The molecule has 1 aliphatic heterocycles. The van der Waals surface area contributed by atoms with Gasteiger partial charge in [-0.25, -0.2) is 0 Å². The van der Waals surface area contributed by atoms with Gasteiger partial charge in [0.1, 0.15) is 11.5 Å². The molecule has 0 bridgehead atoms. The second-order valence-electron chi connectivity index (χ2n) is 7.13. The zero-order chi connectivity index (χ0) is 18.9. The minimum absolute atomic E-state index is 0.0273. The summed E-state index contributed by atoms with van der Waals surface area (Å²) in [4.78, 5) is 14.6. The Morgan fingerprint density at radius 1 is 1.35 bits per heavy atom. The second kappa shape index (κ2) is 10.4. The molecule has 1 aromatic rings. The average molecular weight is 364 g/mol. The highest BCUT2D eigenvalue weighted by Gasteiger charge is 2.21. The van der Waals surface area contributed by atoms with Crippen molar-refractivity contribution in [3.8, 4) is 11.5 Å². The van der Waals surface area contributed by atoms with Gasteiger partial charge in [-0.3, -0.25) is 9.69 Å². The lowest BCUT2D eigenvalue weighted by Gasteiger charge is -2.33. The number of aryl methyl sites for hydroxylation is 1. The third-order valence-corrected chi connectivity index (χ3v) is 4.48. The van der Waals surface area contributed by atoms with Gasteiger partial charge in [0, 0.05) is 32.6 Å². The number of benzene rings is 1. The number of ether oxygens (including phenoxy) is 3. The number of hydrogen-bond donors (Lipinski definition) is 1. The normalized spacial score (nSPS) is 18.0. The molecular weight excluding hydrogens is 332 g/mol. The van der Waals surface area contributed by atoms with Gasteiger partial charge in [0.25, 0.3) is 0 Å². The molecule has 146 valence electrons. The molecule has 0 spiro atoms. The Hall–Kier alpha value is -1.79. The Balaban J connectivity index is 1.77. The molecule has 1 aliphatic rings. The first-order valence-electron chi connectivity index (χ1n) is 9.33. The zero-order valence-electron chi connectivity index (χ0n) is 16.4. The van der Waals surface area contributed by atoms with Crippen molar-refractivity contribution in [3.63, 3.8) is 0 Å². The molecule has 0 aromatic heterocycles. The van der Waals surface area contributed by atoms with E-state index in [9.17, 15) is 4.79 Å². The van der Waals surface area contributed by atoms with E-state index in [1.807, 2.05) is 18.2 Å². The van der Waals surface area contributed by atoms with Crippen molar-refractivity contribution in [2.75, 3.05) is 47.0 Å². The number of methoxy groups -OCH3 is 2. The van der Waals surface area contributed by atoms with E-state index in [-0.39, 0.29) is 12.0 Å². The van der Waals surface area contributed by atoms with Crippen LogP contribution in [0.25, 0.3) is 0 Å². The fourth-order valence-corrected chi connectivity index (χ4v) is 3.23. The van der Waals surface area contributed by atoms with Crippen LogP contribution < -0.4 is 14.8 Å². The number of nitrogens with zero attached hydrogens (tertiary/aromatic N) is 1. The minimum Gasteiger partial charge on any atom is -0.497 e. The van der Waals surface area contributed by atoms with Crippen molar-refractivity contribution in [1.82, 2.24) is 10.2 Å². The first-order chi connectivity index (χ1) is 12.5. The first-order valence-corrected chi connectivity index (χ1v) is 9.33. The maximum atomic E-state index is 12.2. The molecule has 0 radical (unpaired) electrons. The van der Waals surface area contributed by atoms with E-state index in [2.05, 4.69) is 24.1 Å². The van der Waals surface area contributed by atoms with Crippen molar-refractivity contribution < 1.29 is 19.0 Å². The molecule has 1 unspecified atom stereocenters. The van der Waals surface area contributed by atoms with Crippen LogP contribution in [0.15, 0.2) is 18.2 Å². The summed E-state index contributed by atoms with van der Waals surface area (Å²) in [5.74, 6) is 2.21. The van der Waals surface area contributed by atoms with E-state index in [1.54, 1.807) is 14.2 Å². The highest BCUT2D eigenvalue weighted by atomic mass is 16.5. The van der Waals surface area contributed by atoms with Crippen LogP contribution in [0.4, 0.5) is 0 Å². The van der Waals surface area contributed by atoms with Crippen LogP contribution in [-0.4, -0.2) is 63.9 Å². The van der Waals surface area contributed by atoms with Gasteiger partial charge in [0.15, 0.2) is 0 Å². The van der Waals surface area contributed by atoms with E-state index < -0.39 is 0 Å². The molecule has 6 heteroatoms. The highest BCUT2D eigenvalue weighted by molar-refractivity contribution is 5.76. The summed E-state index contributed by atoms with van der Waals surface area (Å²) in [5, 5.41) is 3.00. The summed E-state index contributed by atoms with van der Waals surface area (Å²) in [6.07, 6.45) is 1.08. The Morgan fingerprint density at radius 3 is 2.85 bits per heavy atom. The third kappa shape index (κ3) is 6.50. The van der Waals surface area contributed by atoms with Crippen LogP contribution in [0.5, 0.6) is 11.5 Å². The van der Waals surface area contributed by atoms with Crippen LogP contribution in [0.2, 0.25) is 0 Å². The van der Waals surface area contributed by atoms with E-state index in [4.69, 9.17) is 14.2 Å². The van der Waals surface area contributed by atoms with Crippen molar-refractivity contribution >= 4 is 5.91 Å². The lowest BCUT2D eigenvalue weighted by molar-refractivity contribution is -0.122. The van der Waals surface area contributed by atoms with Crippen molar-refractivity contribution in [2.45, 2.75) is 32.8 Å². The van der Waals surface area contributed by atoms with Gasteiger partial charge in [0.05, 0.1) is 26.9 Å². The van der Waals surface area contributed by atoms with Gasteiger partial charge >= 0.3 is 0 Å². The molecule has 1 aromatic carbocycles. The van der Waals surface area contributed by atoms with E-state index in [0.29, 0.717) is 25.3 Å². The maximum Gasteiger partial charge on any atom is 0.220 e. The molecule has 6 nitrogen and oxygen atoms in total. The lowest BCUT2D eigenvalue weighted by atomic mass is 10.1. The van der Waals surface area contributed by atoms with E-state index >= 15 is 0 Å². The van der Waals surface area contributed by atoms with E-state index in [1.165, 1.54) is 0 Å². The Bertz CT molecular complexity index is 577. The number of nitrogens with one attached hydrogen (secondary N) is 1. The number of amides is 1. The quantitative estimate of drug-likeness (QED) is 0.727. The molecule has 1 heterocycles. The first kappa shape index (κ1) is 20.5. The molecule has 1 fully saturated rings. The molecule has 1 amide bonds. The summed E-state index contributed by atoms with van der Waals surface area (Å²) < 4.78 is 16.4. The van der Waals surface area contributed by atoms with Crippen LogP contribution in [0.1, 0.15) is 25.8 Å². The Kier molecular flexibility index (Phi) is 8.19. The Labute approximate surface area is 156 Å².